The molecule has 0 radical (unpaired) electrons. The van der Waals surface area contributed by atoms with Gasteiger partial charge in [0.2, 0.25) is 0 Å². The fraction of sp³-hybridized carbons (Fsp3) is 0.714. The van der Waals surface area contributed by atoms with E-state index in [-0.39, 0.29) is 12.6 Å². The Bertz CT molecular complexity index is 192. The van der Waals surface area contributed by atoms with Crippen LogP contribution in [0.25, 0.3) is 0 Å². The second-order valence-corrected chi connectivity index (χ2v) is 2.85. The minimum Gasteiger partial charge on any atom is -0.281 e. The van der Waals surface area contributed by atoms with Crippen LogP contribution in [0.4, 0.5) is 8.78 Å². The predicted octanol–water partition coefficient (Wildman–Crippen LogP) is 1.81. The molecule has 1 fully saturated rings. The van der Waals surface area contributed by atoms with Crippen molar-refractivity contribution in [3.63, 3.8) is 0 Å². The van der Waals surface area contributed by atoms with Crippen molar-refractivity contribution < 1.29 is 8.78 Å². The van der Waals surface area contributed by atoms with E-state index in [0.29, 0.717) is 19.5 Å². The van der Waals surface area contributed by atoms with Gasteiger partial charge in [0.1, 0.15) is 6.67 Å². The maximum absolute atomic E-state index is 11.8. The topological polar surface area (TPSA) is 32.7 Å². The fourth-order valence-electron chi connectivity index (χ4n) is 1.39. The molecule has 68 valence electrons. The van der Waals surface area contributed by atoms with Gasteiger partial charge in [-0.25, -0.2) is 0 Å². The van der Waals surface area contributed by atoms with Crippen LogP contribution in [0, 0.1) is 10.8 Å². The lowest BCUT2D eigenvalue weighted by molar-refractivity contribution is 0.339. The Labute approximate surface area is 69.0 Å². The first-order valence-corrected chi connectivity index (χ1v) is 3.76. The van der Waals surface area contributed by atoms with Crippen molar-refractivity contribution in [1.29, 1.82) is 0 Å². The highest BCUT2D eigenvalue weighted by Crippen LogP contribution is 2.19. The first-order chi connectivity index (χ1) is 5.72. The van der Waals surface area contributed by atoms with Crippen molar-refractivity contribution in [2.75, 3.05) is 19.8 Å². The highest BCUT2D eigenvalue weighted by Gasteiger charge is 2.21. The minimum absolute atomic E-state index is 0.109. The molecular weight excluding hydrogens is 166 g/mol. The molecule has 1 rings (SSSR count). The third-order valence-electron chi connectivity index (χ3n) is 1.93. The summed E-state index contributed by atoms with van der Waals surface area (Å²) in [5.74, 6) is -0.114. The number of nitrogens with zero attached hydrogens (tertiary/aromatic N) is 2. The van der Waals surface area contributed by atoms with Crippen LogP contribution in [0.3, 0.4) is 0 Å². The van der Waals surface area contributed by atoms with E-state index in [1.165, 1.54) is 0 Å². The van der Waals surface area contributed by atoms with E-state index in [4.69, 9.17) is 0 Å². The molecule has 0 aromatic rings. The Morgan fingerprint density at radius 3 is 3.00 bits per heavy atom. The van der Waals surface area contributed by atoms with Gasteiger partial charge in [-0.1, -0.05) is 5.18 Å². The summed E-state index contributed by atoms with van der Waals surface area (Å²) < 4.78 is 23.5. The minimum atomic E-state index is -1.64. The van der Waals surface area contributed by atoms with Gasteiger partial charge in [0.25, 0.3) is 6.08 Å². The summed E-state index contributed by atoms with van der Waals surface area (Å²) in [6.07, 6.45) is -0.00147. The summed E-state index contributed by atoms with van der Waals surface area (Å²) in [6, 6.07) is 0. The SMILES string of the molecule is O=NCN1CCC(C=C(F)F)C1. The molecule has 12 heavy (non-hydrogen) atoms. The molecule has 1 unspecified atom stereocenters. The molecule has 0 aromatic carbocycles. The van der Waals surface area contributed by atoms with Crippen LogP contribution in [0.2, 0.25) is 0 Å². The van der Waals surface area contributed by atoms with Crippen molar-refractivity contribution in [2.45, 2.75) is 6.42 Å². The van der Waals surface area contributed by atoms with Crippen molar-refractivity contribution in [2.24, 2.45) is 11.1 Å². The van der Waals surface area contributed by atoms with Crippen LogP contribution in [-0.4, -0.2) is 24.7 Å². The molecule has 1 heterocycles. The highest BCUT2D eigenvalue weighted by atomic mass is 19.3. The first kappa shape index (κ1) is 9.25. The molecule has 0 aliphatic carbocycles. The molecule has 0 amide bonds. The zero-order chi connectivity index (χ0) is 8.97. The molecular formula is C7H10F2N2O. The summed E-state index contributed by atoms with van der Waals surface area (Å²) >= 11 is 0. The zero-order valence-electron chi connectivity index (χ0n) is 6.54. The number of likely N-dealkylation sites (tertiary alicyclic amines) is 1. The Hall–Kier alpha value is -0.840. The quantitative estimate of drug-likeness (QED) is 0.614. The molecule has 0 N–H and O–H groups in total. The highest BCUT2D eigenvalue weighted by molar-refractivity contribution is 4.93. The maximum Gasteiger partial charge on any atom is 0.266 e. The normalized spacial score (nSPS) is 24.0. The summed E-state index contributed by atoms with van der Waals surface area (Å²) in [4.78, 5) is 11.6. The predicted molar refractivity (Wildman–Crippen MR) is 40.6 cm³/mol. The third-order valence-corrected chi connectivity index (χ3v) is 1.93. The summed E-state index contributed by atoms with van der Waals surface area (Å²) in [5.41, 5.74) is 0. The van der Waals surface area contributed by atoms with Crippen LogP contribution >= 0.6 is 0 Å². The van der Waals surface area contributed by atoms with Crippen molar-refractivity contribution >= 4 is 0 Å². The second-order valence-electron chi connectivity index (χ2n) is 2.85. The Balaban J connectivity index is 2.35. The number of rotatable bonds is 3. The molecule has 0 saturated carbocycles. The van der Waals surface area contributed by atoms with Gasteiger partial charge in [0.15, 0.2) is 0 Å². The van der Waals surface area contributed by atoms with Crippen molar-refractivity contribution in [1.82, 2.24) is 4.90 Å². The largest absolute Gasteiger partial charge is 0.281 e. The zero-order valence-corrected chi connectivity index (χ0v) is 6.54. The first-order valence-electron chi connectivity index (χ1n) is 3.76. The van der Waals surface area contributed by atoms with E-state index in [9.17, 15) is 13.7 Å². The second kappa shape index (κ2) is 4.25. The molecule has 1 aliphatic rings. The van der Waals surface area contributed by atoms with Gasteiger partial charge in [-0.2, -0.15) is 8.78 Å². The van der Waals surface area contributed by atoms with E-state index in [0.717, 1.165) is 6.08 Å². The third kappa shape index (κ3) is 2.65. The van der Waals surface area contributed by atoms with Gasteiger partial charge in [-0.05, 0) is 18.4 Å². The molecule has 0 bridgehead atoms. The average Bonchev–Trinajstić information content (AvgIpc) is 2.36. The molecule has 1 saturated heterocycles. The summed E-state index contributed by atoms with van der Waals surface area (Å²) in [6.45, 7) is 1.31. The lowest BCUT2D eigenvalue weighted by Crippen LogP contribution is -2.19. The molecule has 0 aromatic heterocycles. The number of nitroso groups, excluding NO2 is 1. The Kier molecular flexibility index (Phi) is 3.28. The van der Waals surface area contributed by atoms with E-state index in [1.54, 1.807) is 4.90 Å². The van der Waals surface area contributed by atoms with E-state index in [2.05, 4.69) is 5.18 Å². The van der Waals surface area contributed by atoms with Crippen LogP contribution in [0.1, 0.15) is 6.42 Å². The molecule has 3 nitrogen and oxygen atoms in total. The monoisotopic (exact) mass is 176 g/mol. The maximum atomic E-state index is 11.8. The smallest absolute Gasteiger partial charge is 0.266 e. The van der Waals surface area contributed by atoms with E-state index < -0.39 is 6.08 Å². The summed E-state index contributed by atoms with van der Waals surface area (Å²) in [5, 5.41) is 2.70. The Morgan fingerprint density at radius 1 is 1.67 bits per heavy atom. The van der Waals surface area contributed by atoms with Gasteiger partial charge < -0.3 is 0 Å². The molecule has 0 spiro atoms. The van der Waals surface area contributed by atoms with Crippen LogP contribution in [0.5, 0.6) is 0 Å². The number of hydrogen-bond donors (Lipinski definition) is 0. The van der Waals surface area contributed by atoms with Gasteiger partial charge >= 0.3 is 0 Å². The van der Waals surface area contributed by atoms with Gasteiger partial charge in [-0.3, -0.25) is 4.90 Å². The summed E-state index contributed by atoms with van der Waals surface area (Å²) in [7, 11) is 0. The van der Waals surface area contributed by atoms with Crippen LogP contribution in [0.15, 0.2) is 17.3 Å². The van der Waals surface area contributed by atoms with Gasteiger partial charge in [-0.15, -0.1) is 4.91 Å². The van der Waals surface area contributed by atoms with Gasteiger partial charge in [0, 0.05) is 13.1 Å². The van der Waals surface area contributed by atoms with Crippen LogP contribution in [-0.2, 0) is 0 Å². The van der Waals surface area contributed by atoms with E-state index in [1.807, 2.05) is 0 Å². The fourth-order valence-corrected chi connectivity index (χ4v) is 1.39. The van der Waals surface area contributed by atoms with Crippen LogP contribution < -0.4 is 0 Å². The number of hydrogen-bond acceptors (Lipinski definition) is 3. The van der Waals surface area contributed by atoms with Crippen molar-refractivity contribution in [3.05, 3.63) is 17.1 Å². The molecule has 5 heteroatoms. The number of halogens is 2. The molecule has 1 atom stereocenters. The van der Waals surface area contributed by atoms with Gasteiger partial charge in [0.05, 0.1) is 0 Å². The standard InChI is InChI=1S/C7H10F2N2O/c8-7(9)3-6-1-2-11(4-6)5-10-12/h3,6H,1-2,4-5H2. The lowest BCUT2D eigenvalue weighted by Gasteiger charge is -2.08. The lowest BCUT2D eigenvalue weighted by atomic mass is 10.1. The van der Waals surface area contributed by atoms with E-state index >= 15 is 0 Å². The average molecular weight is 176 g/mol. The Morgan fingerprint density at radius 2 is 2.42 bits per heavy atom. The molecule has 1 aliphatic heterocycles. The van der Waals surface area contributed by atoms with Crippen molar-refractivity contribution in [3.8, 4) is 0 Å².